The van der Waals surface area contributed by atoms with E-state index in [1.54, 1.807) is 4.57 Å². The summed E-state index contributed by atoms with van der Waals surface area (Å²) in [4.78, 5) is 12.2. The van der Waals surface area contributed by atoms with E-state index in [4.69, 9.17) is 10.5 Å². The Labute approximate surface area is 128 Å². The van der Waals surface area contributed by atoms with Gasteiger partial charge in [-0.2, -0.15) is 0 Å². The van der Waals surface area contributed by atoms with Crippen LogP contribution in [0.1, 0.15) is 32.9 Å². The molecule has 2 aromatic heterocycles. The highest BCUT2D eigenvalue weighted by Crippen LogP contribution is 2.34. The SMILES string of the molecule is CC(C)CC[C@H]1O[C@@H](n2cnc3c(N)ncnc32)C(O)C1O. The van der Waals surface area contributed by atoms with Crippen LogP contribution in [0.4, 0.5) is 5.82 Å². The van der Waals surface area contributed by atoms with Gasteiger partial charge in [0, 0.05) is 0 Å². The van der Waals surface area contributed by atoms with Crippen LogP contribution in [0, 0.1) is 5.92 Å². The number of hydrogen-bond donors (Lipinski definition) is 3. The molecule has 0 bridgehead atoms. The highest BCUT2D eigenvalue weighted by molar-refractivity contribution is 5.81. The molecule has 1 aliphatic rings. The number of aliphatic hydroxyl groups excluding tert-OH is 2. The Morgan fingerprint density at radius 3 is 2.77 bits per heavy atom. The summed E-state index contributed by atoms with van der Waals surface area (Å²) in [6.07, 6.45) is 1.35. The van der Waals surface area contributed by atoms with Crippen molar-refractivity contribution in [2.45, 2.75) is 51.2 Å². The molecule has 2 unspecified atom stereocenters. The molecule has 2 aromatic rings. The molecule has 0 saturated carbocycles. The minimum Gasteiger partial charge on any atom is -0.388 e. The van der Waals surface area contributed by atoms with Crippen molar-refractivity contribution >= 4 is 17.0 Å². The van der Waals surface area contributed by atoms with Gasteiger partial charge in [0.25, 0.3) is 0 Å². The lowest BCUT2D eigenvalue weighted by Gasteiger charge is -2.16. The van der Waals surface area contributed by atoms with E-state index in [0.29, 0.717) is 23.5 Å². The molecule has 22 heavy (non-hydrogen) atoms. The second kappa shape index (κ2) is 5.79. The minimum absolute atomic E-state index is 0.271. The standard InChI is InChI=1S/C14H21N5O3/c1-7(2)3-4-8-10(20)11(21)14(22-8)19-6-18-9-12(15)16-5-17-13(9)19/h5-8,10-11,14,20-21H,3-4H2,1-2H3,(H2,15,16,17)/t8-,10?,11?,14-/m1/s1. The van der Waals surface area contributed by atoms with Crippen molar-refractivity contribution in [2.24, 2.45) is 5.92 Å². The summed E-state index contributed by atoms with van der Waals surface area (Å²) >= 11 is 0. The summed E-state index contributed by atoms with van der Waals surface area (Å²) in [7, 11) is 0. The van der Waals surface area contributed by atoms with Gasteiger partial charge in [-0.05, 0) is 18.8 Å². The summed E-state index contributed by atoms with van der Waals surface area (Å²) in [6, 6.07) is 0. The largest absolute Gasteiger partial charge is 0.388 e. The minimum atomic E-state index is -1.04. The van der Waals surface area contributed by atoms with Crippen molar-refractivity contribution in [3.05, 3.63) is 12.7 Å². The molecular formula is C14H21N5O3. The van der Waals surface area contributed by atoms with Gasteiger partial charge in [-0.25, -0.2) is 15.0 Å². The highest BCUT2D eigenvalue weighted by atomic mass is 16.6. The molecule has 3 heterocycles. The number of aliphatic hydroxyl groups is 2. The molecule has 1 fully saturated rings. The third-order valence-electron chi connectivity index (χ3n) is 4.03. The van der Waals surface area contributed by atoms with E-state index in [1.165, 1.54) is 12.7 Å². The zero-order valence-electron chi connectivity index (χ0n) is 12.6. The molecule has 1 aliphatic heterocycles. The van der Waals surface area contributed by atoms with Gasteiger partial charge in [-0.3, -0.25) is 4.57 Å². The van der Waals surface area contributed by atoms with Gasteiger partial charge in [0.2, 0.25) is 0 Å². The molecule has 4 N–H and O–H groups in total. The third kappa shape index (κ3) is 2.53. The molecule has 0 aromatic carbocycles. The molecule has 3 rings (SSSR count). The average Bonchev–Trinajstić information content (AvgIpc) is 3.01. The van der Waals surface area contributed by atoms with Gasteiger partial charge in [0.1, 0.15) is 24.1 Å². The lowest BCUT2D eigenvalue weighted by Crippen LogP contribution is -2.31. The van der Waals surface area contributed by atoms with Crippen LogP contribution in [0.15, 0.2) is 12.7 Å². The lowest BCUT2D eigenvalue weighted by atomic mass is 10.0. The second-order valence-electron chi connectivity index (χ2n) is 6.10. The normalized spacial score (nSPS) is 28.8. The van der Waals surface area contributed by atoms with E-state index in [2.05, 4.69) is 28.8 Å². The molecule has 4 atom stereocenters. The van der Waals surface area contributed by atoms with Gasteiger partial charge in [0.15, 0.2) is 17.7 Å². The number of nitrogens with zero attached hydrogens (tertiary/aromatic N) is 4. The molecular weight excluding hydrogens is 286 g/mol. The van der Waals surface area contributed by atoms with Crippen molar-refractivity contribution in [2.75, 3.05) is 5.73 Å². The summed E-state index contributed by atoms with van der Waals surface area (Å²) in [6.45, 7) is 4.22. The molecule has 0 spiro atoms. The van der Waals surface area contributed by atoms with Crippen molar-refractivity contribution in [1.82, 2.24) is 19.5 Å². The first-order valence-electron chi connectivity index (χ1n) is 7.43. The Bertz CT molecular complexity index is 659. The Morgan fingerprint density at radius 1 is 1.27 bits per heavy atom. The van der Waals surface area contributed by atoms with Crippen LogP contribution in [0.3, 0.4) is 0 Å². The number of fused-ring (bicyclic) bond motifs is 1. The van der Waals surface area contributed by atoms with E-state index in [-0.39, 0.29) is 5.82 Å². The fourth-order valence-electron chi connectivity index (χ4n) is 2.75. The van der Waals surface area contributed by atoms with E-state index < -0.39 is 24.5 Å². The molecule has 0 amide bonds. The maximum absolute atomic E-state index is 10.3. The number of rotatable bonds is 4. The first kappa shape index (κ1) is 15.1. The zero-order chi connectivity index (χ0) is 15.9. The van der Waals surface area contributed by atoms with Crippen molar-refractivity contribution < 1.29 is 14.9 Å². The van der Waals surface area contributed by atoms with E-state index >= 15 is 0 Å². The van der Waals surface area contributed by atoms with Gasteiger partial charge in [-0.15, -0.1) is 0 Å². The van der Waals surface area contributed by atoms with Crippen molar-refractivity contribution in [3.8, 4) is 0 Å². The summed E-state index contributed by atoms with van der Waals surface area (Å²) < 4.78 is 7.44. The average molecular weight is 307 g/mol. The summed E-state index contributed by atoms with van der Waals surface area (Å²) in [5.41, 5.74) is 6.70. The number of ether oxygens (including phenoxy) is 1. The summed E-state index contributed by atoms with van der Waals surface area (Å²) in [5.74, 6) is 0.779. The maximum Gasteiger partial charge on any atom is 0.167 e. The Hall–Kier alpha value is -1.77. The summed E-state index contributed by atoms with van der Waals surface area (Å²) in [5, 5.41) is 20.5. The van der Waals surface area contributed by atoms with E-state index in [0.717, 1.165) is 6.42 Å². The van der Waals surface area contributed by atoms with Crippen LogP contribution in [0.2, 0.25) is 0 Å². The monoisotopic (exact) mass is 307 g/mol. The molecule has 1 saturated heterocycles. The Balaban J connectivity index is 1.86. The van der Waals surface area contributed by atoms with E-state index in [9.17, 15) is 10.2 Å². The number of imidazole rings is 1. The van der Waals surface area contributed by atoms with Crippen LogP contribution < -0.4 is 5.73 Å². The van der Waals surface area contributed by atoms with Crippen LogP contribution >= 0.6 is 0 Å². The fraction of sp³-hybridized carbons (Fsp3) is 0.643. The second-order valence-corrected chi connectivity index (χ2v) is 6.10. The molecule has 8 nitrogen and oxygen atoms in total. The predicted octanol–water partition coefficient (Wildman–Crippen LogP) is 0.464. The first-order valence-corrected chi connectivity index (χ1v) is 7.43. The van der Waals surface area contributed by atoms with Crippen LogP contribution in [-0.4, -0.2) is 48.0 Å². The van der Waals surface area contributed by atoms with Crippen LogP contribution in [-0.2, 0) is 4.74 Å². The quantitative estimate of drug-likeness (QED) is 0.750. The third-order valence-corrected chi connectivity index (χ3v) is 4.03. The Morgan fingerprint density at radius 2 is 2.05 bits per heavy atom. The fourth-order valence-corrected chi connectivity index (χ4v) is 2.75. The highest BCUT2D eigenvalue weighted by Gasteiger charge is 2.43. The number of anilines is 1. The van der Waals surface area contributed by atoms with Crippen molar-refractivity contribution in [1.29, 1.82) is 0 Å². The zero-order valence-corrected chi connectivity index (χ0v) is 12.6. The molecule has 0 radical (unpaired) electrons. The van der Waals surface area contributed by atoms with Gasteiger partial charge in [0.05, 0.1) is 12.4 Å². The molecule has 120 valence electrons. The number of hydrogen-bond acceptors (Lipinski definition) is 7. The number of aromatic nitrogens is 4. The predicted molar refractivity (Wildman–Crippen MR) is 79.7 cm³/mol. The van der Waals surface area contributed by atoms with Gasteiger partial charge in [-0.1, -0.05) is 13.8 Å². The van der Waals surface area contributed by atoms with Gasteiger partial charge < -0.3 is 20.7 Å². The van der Waals surface area contributed by atoms with Gasteiger partial charge >= 0.3 is 0 Å². The van der Waals surface area contributed by atoms with E-state index in [1.807, 2.05) is 0 Å². The molecule has 0 aliphatic carbocycles. The smallest absolute Gasteiger partial charge is 0.167 e. The number of nitrogen functional groups attached to an aromatic ring is 1. The van der Waals surface area contributed by atoms with Crippen LogP contribution in [0.5, 0.6) is 0 Å². The molecule has 8 heteroatoms. The maximum atomic E-state index is 10.3. The Kier molecular flexibility index (Phi) is 3.98. The van der Waals surface area contributed by atoms with Crippen molar-refractivity contribution in [3.63, 3.8) is 0 Å². The van der Waals surface area contributed by atoms with Crippen LogP contribution in [0.25, 0.3) is 11.2 Å². The number of nitrogens with two attached hydrogens (primary N) is 1. The first-order chi connectivity index (χ1) is 10.5. The lowest BCUT2D eigenvalue weighted by molar-refractivity contribution is -0.0381. The topological polar surface area (TPSA) is 119 Å².